The summed E-state index contributed by atoms with van der Waals surface area (Å²) in [7, 11) is -1.70. The Hall–Kier alpha value is -2.51. The van der Waals surface area contributed by atoms with Crippen LogP contribution in [0.4, 0.5) is 4.39 Å². The summed E-state index contributed by atoms with van der Waals surface area (Å²) in [4.78, 5) is 25.5. The number of ether oxygens (including phenoxy) is 1. The second-order valence-electron chi connectivity index (χ2n) is 6.04. The summed E-state index contributed by atoms with van der Waals surface area (Å²) in [6, 6.07) is 11.5. The highest BCUT2D eigenvalue weighted by Gasteiger charge is 2.26. The smallest absolute Gasteiger partial charge is 0.344 e. The van der Waals surface area contributed by atoms with Gasteiger partial charge in [-0.25, -0.2) is 9.18 Å². The minimum atomic E-state index is -1.70. The first-order valence-electron chi connectivity index (χ1n) is 8.45. The molecule has 0 amide bonds. The van der Waals surface area contributed by atoms with Crippen LogP contribution in [-0.4, -0.2) is 27.6 Å². The van der Waals surface area contributed by atoms with Crippen LogP contribution in [0, 0.1) is 5.82 Å². The van der Waals surface area contributed by atoms with Crippen LogP contribution < -0.4 is 5.43 Å². The van der Waals surface area contributed by atoms with Crippen molar-refractivity contribution in [3.63, 3.8) is 0 Å². The molecule has 0 aliphatic rings. The number of benzene rings is 2. The number of nitrogens with zero attached hydrogens (tertiary/aromatic N) is 1. The van der Waals surface area contributed by atoms with Crippen molar-refractivity contribution < 1.29 is 18.1 Å². The first-order chi connectivity index (χ1) is 13.3. The Morgan fingerprint density at radius 1 is 1.25 bits per heavy atom. The van der Waals surface area contributed by atoms with Gasteiger partial charge >= 0.3 is 5.97 Å². The molecular weight excluding hydrogens is 405 g/mol. The van der Waals surface area contributed by atoms with Gasteiger partial charge in [0.05, 0.1) is 27.9 Å². The second-order valence-corrected chi connectivity index (χ2v) is 7.74. The van der Waals surface area contributed by atoms with Crippen LogP contribution in [0.15, 0.2) is 52.3 Å². The second kappa shape index (κ2) is 8.24. The molecule has 0 unspecified atom stereocenters. The zero-order valence-electron chi connectivity index (χ0n) is 15.2. The van der Waals surface area contributed by atoms with Gasteiger partial charge in [-0.2, -0.15) is 0 Å². The van der Waals surface area contributed by atoms with Gasteiger partial charge in [-0.3, -0.25) is 9.00 Å². The SMILES string of the molecule is CCOC(=O)c1c([S@](C)=O)n(Cc2ccccc2)c2cc(Cl)c(F)cc2c1=O. The van der Waals surface area contributed by atoms with Gasteiger partial charge in [0.2, 0.25) is 5.43 Å². The van der Waals surface area contributed by atoms with Crippen LogP contribution in [0.3, 0.4) is 0 Å². The number of halogens is 2. The van der Waals surface area contributed by atoms with Crippen LogP contribution >= 0.6 is 11.6 Å². The first-order valence-corrected chi connectivity index (χ1v) is 10.4. The minimum absolute atomic E-state index is 0.0162. The molecule has 3 rings (SSSR count). The molecule has 8 heteroatoms. The molecule has 1 heterocycles. The minimum Gasteiger partial charge on any atom is -0.462 e. The largest absolute Gasteiger partial charge is 0.462 e. The van der Waals surface area contributed by atoms with E-state index >= 15 is 0 Å². The van der Waals surface area contributed by atoms with E-state index in [-0.39, 0.29) is 34.1 Å². The van der Waals surface area contributed by atoms with E-state index in [0.29, 0.717) is 5.52 Å². The number of aromatic nitrogens is 1. The molecule has 0 bridgehead atoms. The summed E-state index contributed by atoms with van der Waals surface area (Å²) < 4.78 is 33.2. The van der Waals surface area contributed by atoms with Gasteiger partial charge in [-0.05, 0) is 24.6 Å². The van der Waals surface area contributed by atoms with Gasteiger partial charge < -0.3 is 9.30 Å². The average molecular weight is 422 g/mol. The van der Waals surface area contributed by atoms with Crippen molar-refractivity contribution in [2.75, 3.05) is 12.9 Å². The molecule has 0 N–H and O–H groups in total. The van der Waals surface area contributed by atoms with Crippen LogP contribution in [0.25, 0.3) is 10.9 Å². The molecule has 0 aliphatic heterocycles. The fourth-order valence-corrected chi connectivity index (χ4v) is 4.12. The molecule has 0 fully saturated rings. The summed E-state index contributed by atoms with van der Waals surface area (Å²) in [6.45, 7) is 1.85. The van der Waals surface area contributed by atoms with Crippen LogP contribution in [-0.2, 0) is 22.1 Å². The lowest BCUT2D eigenvalue weighted by Gasteiger charge is -2.19. The maximum Gasteiger partial charge on any atom is 0.344 e. The van der Waals surface area contributed by atoms with Crippen LogP contribution in [0.5, 0.6) is 0 Å². The zero-order valence-corrected chi connectivity index (χ0v) is 16.8. The van der Waals surface area contributed by atoms with Crippen molar-refractivity contribution in [3.05, 3.63) is 74.7 Å². The molecule has 5 nitrogen and oxygen atoms in total. The van der Waals surface area contributed by atoms with Crippen LogP contribution in [0.2, 0.25) is 5.02 Å². The summed E-state index contributed by atoms with van der Waals surface area (Å²) in [5.74, 6) is -1.67. The van der Waals surface area contributed by atoms with Gasteiger partial charge in [0.25, 0.3) is 0 Å². The number of hydrogen-bond donors (Lipinski definition) is 0. The number of carbonyl (C=O) groups is 1. The maximum atomic E-state index is 14.1. The summed E-state index contributed by atoms with van der Waals surface area (Å²) in [6.07, 6.45) is 1.37. The monoisotopic (exact) mass is 421 g/mol. The Morgan fingerprint density at radius 2 is 1.93 bits per heavy atom. The van der Waals surface area contributed by atoms with Crippen molar-refractivity contribution in [1.82, 2.24) is 4.57 Å². The topological polar surface area (TPSA) is 65.4 Å². The van der Waals surface area contributed by atoms with Gasteiger partial charge in [-0.1, -0.05) is 41.9 Å². The van der Waals surface area contributed by atoms with E-state index in [4.69, 9.17) is 16.3 Å². The zero-order chi connectivity index (χ0) is 20.4. The van der Waals surface area contributed by atoms with Gasteiger partial charge in [0.1, 0.15) is 16.4 Å². The predicted molar refractivity (Wildman–Crippen MR) is 107 cm³/mol. The van der Waals surface area contributed by atoms with Crippen LogP contribution in [0.1, 0.15) is 22.8 Å². The van der Waals surface area contributed by atoms with E-state index in [2.05, 4.69) is 0 Å². The standard InChI is InChI=1S/C20H17ClFNO4S/c1-3-27-20(25)17-18(24)13-9-15(22)14(21)10-16(13)23(19(17)28(2)26)11-12-7-5-4-6-8-12/h4-10H,3,11H2,1-2H3/t28-/m0/s1. The lowest BCUT2D eigenvalue weighted by Crippen LogP contribution is -2.26. The average Bonchev–Trinajstić information content (AvgIpc) is 2.66. The van der Waals surface area contributed by atoms with Gasteiger partial charge in [-0.15, -0.1) is 0 Å². The Bertz CT molecular complexity index is 1140. The fraction of sp³-hybridized carbons (Fsp3) is 0.200. The van der Waals surface area contributed by atoms with E-state index in [1.54, 1.807) is 11.5 Å². The quantitative estimate of drug-likeness (QED) is 0.588. The van der Waals surface area contributed by atoms with Crippen molar-refractivity contribution in [2.45, 2.75) is 18.5 Å². The number of pyridine rings is 1. The van der Waals surface area contributed by atoms with Gasteiger partial charge in [0.15, 0.2) is 0 Å². The molecule has 1 aromatic heterocycles. The number of fused-ring (bicyclic) bond motifs is 1. The molecule has 146 valence electrons. The van der Waals surface area contributed by atoms with Crippen molar-refractivity contribution >= 4 is 39.3 Å². The van der Waals surface area contributed by atoms with Gasteiger partial charge in [0, 0.05) is 18.2 Å². The Kier molecular flexibility index (Phi) is 5.96. The third kappa shape index (κ3) is 3.72. The Morgan fingerprint density at radius 3 is 2.54 bits per heavy atom. The maximum absolute atomic E-state index is 14.1. The first kappa shape index (κ1) is 20.2. The third-order valence-electron chi connectivity index (χ3n) is 4.20. The van der Waals surface area contributed by atoms with E-state index in [9.17, 15) is 18.2 Å². The highest BCUT2D eigenvalue weighted by atomic mass is 35.5. The Labute approximate surface area is 168 Å². The molecule has 28 heavy (non-hydrogen) atoms. The predicted octanol–water partition coefficient (Wildman–Crippen LogP) is 3.76. The molecule has 3 aromatic rings. The molecule has 0 spiro atoms. The van der Waals surface area contributed by atoms with Crippen molar-refractivity contribution in [1.29, 1.82) is 0 Å². The number of esters is 1. The molecule has 1 atom stereocenters. The van der Waals surface area contributed by atoms with E-state index in [1.165, 1.54) is 12.3 Å². The highest BCUT2D eigenvalue weighted by Crippen LogP contribution is 2.26. The van der Waals surface area contributed by atoms with E-state index < -0.39 is 28.0 Å². The Balaban J connectivity index is 2.45. The number of carbonyl (C=O) groups excluding carboxylic acids is 1. The summed E-state index contributed by atoms with van der Waals surface area (Å²) >= 11 is 5.94. The molecule has 0 saturated carbocycles. The third-order valence-corrected chi connectivity index (χ3v) is 5.45. The van der Waals surface area contributed by atoms with E-state index in [0.717, 1.165) is 11.6 Å². The fourth-order valence-electron chi connectivity index (χ4n) is 3.02. The van der Waals surface area contributed by atoms with Crippen molar-refractivity contribution in [2.24, 2.45) is 0 Å². The molecule has 0 radical (unpaired) electrons. The highest BCUT2D eigenvalue weighted by molar-refractivity contribution is 7.84. The lowest BCUT2D eigenvalue weighted by atomic mass is 10.1. The molecular formula is C20H17ClFNO4S. The normalized spacial score (nSPS) is 12.1. The summed E-state index contributed by atoms with van der Waals surface area (Å²) in [5.41, 5.74) is 0.0410. The lowest BCUT2D eigenvalue weighted by molar-refractivity contribution is 0.0519. The summed E-state index contributed by atoms with van der Waals surface area (Å²) in [5, 5.41) is -0.192. The molecule has 2 aromatic carbocycles. The number of hydrogen-bond acceptors (Lipinski definition) is 4. The molecule has 0 saturated heterocycles. The van der Waals surface area contributed by atoms with Crippen molar-refractivity contribution in [3.8, 4) is 0 Å². The molecule has 0 aliphatic carbocycles. The van der Waals surface area contributed by atoms with E-state index in [1.807, 2.05) is 30.3 Å². The number of rotatable bonds is 5.